The molecule has 31 heavy (non-hydrogen) atoms. The first kappa shape index (κ1) is 23.8. The zero-order chi connectivity index (χ0) is 23.2. The third-order valence-electron chi connectivity index (χ3n) is 6.38. The second kappa shape index (κ2) is 7.93. The van der Waals surface area contributed by atoms with Crippen LogP contribution in [0, 0.1) is 0 Å². The smallest absolute Gasteiger partial charge is 0.250 e. The molecule has 0 aromatic heterocycles. The average Bonchev–Trinajstić information content (AvgIpc) is 2.99. The Bertz CT molecular complexity index is 995. The van der Waals surface area contributed by atoms with Crippen LogP contribution < -0.4 is 9.61 Å². The molecule has 0 unspecified atom stereocenters. The van der Waals surface area contributed by atoms with E-state index in [1.807, 2.05) is 0 Å². The molecular formula is C26H39NO2Si2. The van der Waals surface area contributed by atoms with Crippen LogP contribution in [-0.2, 0) is 4.74 Å². The fourth-order valence-corrected chi connectivity index (χ4v) is 6.15. The predicted octanol–water partition coefficient (Wildman–Crippen LogP) is 6.84. The lowest BCUT2D eigenvalue weighted by molar-refractivity contribution is 0.279. The quantitative estimate of drug-likeness (QED) is 0.464. The van der Waals surface area contributed by atoms with Crippen molar-refractivity contribution < 1.29 is 9.16 Å². The van der Waals surface area contributed by atoms with E-state index in [1.54, 1.807) is 0 Å². The lowest BCUT2D eigenvalue weighted by Gasteiger charge is -2.36. The van der Waals surface area contributed by atoms with Gasteiger partial charge < -0.3 is 9.16 Å². The summed E-state index contributed by atoms with van der Waals surface area (Å²) in [6, 6.07) is 15.2. The molecule has 0 atom stereocenters. The van der Waals surface area contributed by atoms with Crippen molar-refractivity contribution in [3.05, 3.63) is 48.0 Å². The van der Waals surface area contributed by atoms with Gasteiger partial charge in [0.15, 0.2) is 0 Å². The van der Waals surface area contributed by atoms with Crippen LogP contribution in [0.4, 0.5) is 0 Å². The van der Waals surface area contributed by atoms with Gasteiger partial charge in [0.25, 0.3) is 0 Å². The largest absolute Gasteiger partial charge is 0.543 e. The third-order valence-corrected chi connectivity index (χ3v) is 12.8. The van der Waals surface area contributed by atoms with E-state index in [2.05, 4.69) is 110 Å². The van der Waals surface area contributed by atoms with Crippen molar-refractivity contribution in [3.8, 4) is 16.9 Å². The van der Waals surface area contributed by atoms with Crippen molar-refractivity contribution in [2.24, 2.45) is 4.99 Å². The minimum atomic E-state index is -1.91. The predicted molar refractivity (Wildman–Crippen MR) is 139 cm³/mol. The SMILES string of the molecule is CC1(C)COC(c2c(-c3cccc(O[Si](C)(C)C(C)(C)C)c3)cccc2[Si](C)(C)C)=N1. The molecule has 0 N–H and O–H groups in total. The third kappa shape index (κ3) is 5.15. The Morgan fingerprint density at radius 1 is 0.968 bits per heavy atom. The summed E-state index contributed by atoms with van der Waals surface area (Å²) in [5.74, 6) is 1.73. The molecule has 1 heterocycles. The number of hydrogen-bond acceptors (Lipinski definition) is 3. The molecular weight excluding hydrogens is 414 g/mol. The van der Waals surface area contributed by atoms with Crippen molar-refractivity contribution in [3.63, 3.8) is 0 Å². The van der Waals surface area contributed by atoms with Gasteiger partial charge in [-0.3, -0.25) is 0 Å². The van der Waals surface area contributed by atoms with Crippen LogP contribution in [-0.4, -0.2) is 34.4 Å². The zero-order valence-corrected chi connectivity index (χ0v) is 23.0. The number of nitrogens with zero attached hydrogens (tertiary/aromatic N) is 1. The van der Waals surface area contributed by atoms with Crippen LogP contribution >= 0.6 is 0 Å². The van der Waals surface area contributed by atoms with E-state index in [1.165, 1.54) is 10.8 Å². The van der Waals surface area contributed by atoms with Gasteiger partial charge in [0.05, 0.1) is 13.6 Å². The summed E-state index contributed by atoms with van der Waals surface area (Å²) in [5, 5.41) is 1.54. The maximum atomic E-state index is 6.61. The summed E-state index contributed by atoms with van der Waals surface area (Å²) in [6.45, 7) is 23.4. The first-order chi connectivity index (χ1) is 14.1. The Hall–Kier alpha value is -1.86. The minimum absolute atomic E-state index is 0.157. The fraction of sp³-hybridized carbons (Fsp3) is 0.500. The van der Waals surface area contributed by atoms with Gasteiger partial charge in [-0.25, -0.2) is 4.99 Å². The van der Waals surface area contributed by atoms with Crippen molar-refractivity contribution in [1.29, 1.82) is 0 Å². The highest BCUT2D eigenvalue weighted by Gasteiger charge is 2.39. The van der Waals surface area contributed by atoms with E-state index in [0.29, 0.717) is 6.61 Å². The number of hydrogen-bond donors (Lipinski definition) is 0. The molecule has 3 rings (SSSR count). The van der Waals surface area contributed by atoms with Gasteiger partial charge in [0.1, 0.15) is 12.4 Å². The molecule has 0 saturated carbocycles. The molecule has 0 aliphatic carbocycles. The summed E-state index contributed by atoms with van der Waals surface area (Å²) >= 11 is 0. The van der Waals surface area contributed by atoms with Crippen LogP contribution in [0.2, 0.25) is 37.8 Å². The van der Waals surface area contributed by atoms with Crippen LogP contribution in [0.5, 0.6) is 5.75 Å². The highest BCUT2D eigenvalue weighted by Crippen LogP contribution is 2.38. The maximum Gasteiger partial charge on any atom is 0.250 e. The van der Waals surface area contributed by atoms with Crippen LogP contribution in [0.1, 0.15) is 40.2 Å². The van der Waals surface area contributed by atoms with E-state index in [9.17, 15) is 0 Å². The molecule has 0 spiro atoms. The highest BCUT2D eigenvalue weighted by molar-refractivity contribution is 6.89. The molecule has 3 nitrogen and oxygen atoms in total. The van der Waals surface area contributed by atoms with Gasteiger partial charge in [0.2, 0.25) is 14.2 Å². The molecule has 0 radical (unpaired) electrons. The van der Waals surface area contributed by atoms with Crippen LogP contribution in [0.15, 0.2) is 47.5 Å². The van der Waals surface area contributed by atoms with Crippen LogP contribution in [0.25, 0.3) is 11.1 Å². The van der Waals surface area contributed by atoms with Gasteiger partial charge in [-0.05, 0) is 60.4 Å². The van der Waals surface area contributed by atoms with Gasteiger partial charge in [0, 0.05) is 5.56 Å². The Morgan fingerprint density at radius 2 is 1.61 bits per heavy atom. The first-order valence-corrected chi connectivity index (χ1v) is 17.7. The molecule has 1 aliphatic rings. The Balaban J connectivity index is 2.14. The highest BCUT2D eigenvalue weighted by atomic mass is 28.4. The summed E-state index contributed by atoms with van der Waals surface area (Å²) < 4.78 is 12.8. The van der Waals surface area contributed by atoms with Crippen molar-refractivity contribution in [2.75, 3.05) is 6.61 Å². The van der Waals surface area contributed by atoms with Gasteiger partial charge in [-0.1, -0.05) is 70.7 Å². The van der Waals surface area contributed by atoms with Gasteiger partial charge >= 0.3 is 0 Å². The van der Waals surface area contributed by atoms with E-state index >= 15 is 0 Å². The lowest BCUT2D eigenvalue weighted by atomic mass is 9.99. The topological polar surface area (TPSA) is 30.8 Å². The monoisotopic (exact) mass is 453 g/mol. The average molecular weight is 454 g/mol. The number of benzene rings is 2. The Morgan fingerprint density at radius 3 is 2.16 bits per heavy atom. The molecule has 168 valence electrons. The summed E-state index contributed by atoms with van der Waals surface area (Å²) in [7, 11) is -3.53. The molecule has 2 aromatic carbocycles. The second-order valence-corrected chi connectivity index (χ2v) is 21.6. The molecule has 0 amide bonds. The van der Waals surface area contributed by atoms with E-state index in [-0.39, 0.29) is 10.6 Å². The zero-order valence-electron chi connectivity index (χ0n) is 21.0. The molecule has 2 aromatic rings. The fourth-order valence-electron chi connectivity index (χ4n) is 3.54. The van der Waals surface area contributed by atoms with Crippen molar-refractivity contribution in [2.45, 2.75) is 77.9 Å². The number of ether oxygens (including phenoxy) is 1. The maximum absolute atomic E-state index is 6.61. The molecule has 0 fully saturated rings. The standard InChI is InChI=1S/C26H39NO2Si2/c1-25(2,3)31(9,10)29-20-14-11-13-19(17-20)21-15-12-16-22(30(6,7)8)23(21)24-27-26(4,5)18-28-24/h11-17H,18H2,1-10H3. The molecule has 0 saturated heterocycles. The Kier molecular flexibility index (Phi) is 6.09. The van der Waals surface area contributed by atoms with Gasteiger partial charge in [-0.2, -0.15) is 0 Å². The molecule has 0 bridgehead atoms. The van der Waals surface area contributed by atoms with E-state index < -0.39 is 16.4 Å². The summed E-state index contributed by atoms with van der Waals surface area (Å²) in [4.78, 5) is 4.96. The molecule has 1 aliphatic heterocycles. The first-order valence-electron chi connectivity index (χ1n) is 11.3. The van der Waals surface area contributed by atoms with Gasteiger partial charge in [-0.15, -0.1) is 0 Å². The number of rotatable bonds is 5. The van der Waals surface area contributed by atoms with E-state index in [0.717, 1.165) is 22.8 Å². The minimum Gasteiger partial charge on any atom is -0.543 e. The summed E-state index contributed by atoms with van der Waals surface area (Å²) in [5.41, 5.74) is 3.31. The van der Waals surface area contributed by atoms with Crippen LogP contribution in [0.3, 0.4) is 0 Å². The Labute approximate surface area is 191 Å². The number of aliphatic imine (C=N–C) groups is 1. The van der Waals surface area contributed by atoms with Crippen molar-refractivity contribution in [1.82, 2.24) is 0 Å². The normalized spacial score (nSPS) is 16.6. The van der Waals surface area contributed by atoms with Crippen molar-refractivity contribution >= 4 is 27.5 Å². The molecule has 5 heteroatoms. The lowest BCUT2D eigenvalue weighted by Crippen LogP contribution is -2.43. The summed E-state index contributed by atoms with van der Waals surface area (Å²) in [6.07, 6.45) is 0. The van der Waals surface area contributed by atoms with E-state index in [4.69, 9.17) is 14.2 Å². The second-order valence-electron chi connectivity index (χ2n) is 11.9.